The third-order valence-corrected chi connectivity index (χ3v) is 4.99. The number of nitrogens with zero attached hydrogens (tertiary/aromatic N) is 3. The molecule has 1 atom stereocenters. The highest BCUT2D eigenvalue weighted by Gasteiger charge is 2.24. The van der Waals surface area contributed by atoms with E-state index in [-0.39, 0.29) is 42.7 Å². The van der Waals surface area contributed by atoms with E-state index in [0.717, 1.165) is 4.90 Å². The quantitative estimate of drug-likeness (QED) is 0.710. The standard InChI is InChI=1S/C18H18N4O4S/c1-12-17(24)21-14-10-13(4-5-15(14)27-12)18(25)26-11-16(23)22(8-2-6-19)9-3-7-20/h4-5,10,12H,2-3,8-9,11H2,1H3,(H,21,24). The van der Waals surface area contributed by atoms with Crippen LogP contribution in [0.25, 0.3) is 0 Å². The molecule has 0 spiro atoms. The van der Waals surface area contributed by atoms with E-state index in [9.17, 15) is 14.4 Å². The summed E-state index contributed by atoms with van der Waals surface area (Å²) in [5.41, 5.74) is 0.756. The Morgan fingerprint density at radius 1 is 1.26 bits per heavy atom. The van der Waals surface area contributed by atoms with Crippen LogP contribution in [-0.2, 0) is 14.3 Å². The molecule has 0 saturated carbocycles. The number of hydrogen-bond donors (Lipinski definition) is 1. The van der Waals surface area contributed by atoms with Crippen molar-refractivity contribution in [3.8, 4) is 12.1 Å². The topological polar surface area (TPSA) is 123 Å². The van der Waals surface area contributed by atoms with Crippen molar-refractivity contribution in [3.63, 3.8) is 0 Å². The molecule has 0 saturated heterocycles. The zero-order valence-corrected chi connectivity index (χ0v) is 15.5. The molecule has 27 heavy (non-hydrogen) atoms. The summed E-state index contributed by atoms with van der Waals surface area (Å²) in [5.74, 6) is -1.30. The summed E-state index contributed by atoms with van der Waals surface area (Å²) in [7, 11) is 0. The molecule has 140 valence electrons. The van der Waals surface area contributed by atoms with E-state index in [1.165, 1.54) is 22.7 Å². The number of hydrogen-bond acceptors (Lipinski definition) is 7. The maximum atomic E-state index is 12.2. The number of thioether (sulfide) groups is 1. The number of nitriles is 2. The van der Waals surface area contributed by atoms with E-state index in [1.54, 1.807) is 19.1 Å². The van der Waals surface area contributed by atoms with Crippen LogP contribution in [0.3, 0.4) is 0 Å². The number of carbonyl (C=O) groups is 3. The van der Waals surface area contributed by atoms with Crippen LogP contribution < -0.4 is 5.32 Å². The first kappa shape index (κ1) is 20.3. The Labute approximate surface area is 161 Å². The Bertz CT molecular complexity index is 810. The van der Waals surface area contributed by atoms with Crippen LogP contribution in [0.4, 0.5) is 5.69 Å². The predicted molar refractivity (Wildman–Crippen MR) is 97.7 cm³/mol. The molecular weight excluding hydrogens is 368 g/mol. The van der Waals surface area contributed by atoms with Gasteiger partial charge in [0, 0.05) is 18.0 Å². The fourth-order valence-electron chi connectivity index (χ4n) is 2.37. The van der Waals surface area contributed by atoms with Gasteiger partial charge in [-0.05, 0) is 25.1 Å². The number of rotatable bonds is 7. The highest BCUT2D eigenvalue weighted by molar-refractivity contribution is 8.00. The second-order valence-corrected chi connectivity index (χ2v) is 7.12. The Morgan fingerprint density at radius 3 is 2.56 bits per heavy atom. The molecule has 0 aromatic heterocycles. The molecule has 0 fully saturated rings. The summed E-state index contributed by atoms with van der Waals surface area (Å²) < 4.78 is 5.05. The van der Waals surface area contributed by atoms with Crippen LogP contribution in [-0.4, -0.2) is 47.6 Å². The van der Waals surface area contributed by atoms with Gasteiger partial charge in [0.2, 0.25) is 5.91 Å². The molecule has 1 heterocycles. The zero-order chi connectivity index (χ0) is 19.8. The summed E-state index contributed by atoms with van der Waals surface area (Å²) in [5, 5.41) is 19.8. The van der Waals surface area contributed by atoms with Crippen molar-refractivity contribution in [2.24, 2.45) is 0 Å². The number of carbonyl (C=O) groups excluding carboxylic acids is 3. The van der Waals surface area contributed by atoms with Gasteiger partial charge in [-0.15, -0.1) is 11.8 Å². The Hall–Kier alpha value is -3.04. The van der Waals surface area contributed by atoms with Gasteiger partial charge < -0.3 is 15.0 Å². The molecule has 0 bridgehead atoms. The van der Waals surface area contributed by atoms with Gasteiger partial charge >= 0.3 is 5.97 Å². The number of ether oxygens (including phenoxy) is 1. The highest BCUT2D eigenvalue weighted by Crippen LogP contribution is 2.35. The lowest BCUT2D eigenvalue weighted by molar-refractivity contribution is -0.134. The van der Waals surface area contributed by atoms with Gasteiger partial charge in [0.05, 0.1) is 41.5 Å². The number of esters is 1. The zero-order valence-electron chi connectivity index (χ0n) is 14.7. The van der Waals surface area contributed by atoms with Crippen molar-refractivity contribution in [1.82, 2.24) is 4.90 Å². The molecule has 0 aliphatic carbocycles. The molecule has 1 aromatic carbocycles. The van der Waals surface area contributed by atoms with Crippen molar-refractivity contribution >= 4 is 35.2 Å². The fourth-order valence-corrected chi connectivity index (χ4v) is 3.30. The van der Waals surface area contributed by atoms with Crippen molar-refractivity contribution < 1.29 is 19.1 Å². The lowest BCUT2D eigenvalue weighted by Gasteiger charge is -2.22. The van der Waals surface area contributed by atoms with Crippen LogP contribution in [0.15, 0.2) is 23.1 Å². The maximum Gasteiger partial charge on any atom is 0.338 e. The van der Waals surface area contributed by atoms with Gasteiger partial charge in [0.1, 0.15) is 0 Å². The first-order chi connectivity index (χ1) is 13.0. The molecule has 1 aromatic rings. The van der Waals surface area contributed by atoms with Crippen molar-refractivity contribution in [2.75, 3.05) is 25.0 Å². The second kappa shape index (κ2) is 9.60. The first-order valence-electron chi connectivity index (χ1n) is 8.26. The minimum absolute atomic E-state index is 0.131. The normalized spacial score (nSPS) is 14.9. The fraction of sp³-hybridized carbons (Fsp3) is 0.389. The summed E-state index contributed by atoms with van der Waals surface area (Å²) in [6.45, 7) is 1.66. The molecule has 2 rings (SSSR count). The number of fused-ring (bicyclic) bond motifs is 1. The second-order valence-electron chi connectivity index (χ2n) is 5.73. The van der Waals surface area contributed by atoms with E-state index >= 15 is 0 Å². The average Bonchev–Trinajstić information content (AvgIpc) is 2.66. The summed E-state index contributed by atoms with van der Waals surface area (Å²) in [4.78, 5) is 38.3. The molecule has 1 aliphatic heterocycles. The third kappa shape index (κ3) is 5.47. The third-order valence-electron chi connectivity index (χ3n) is 3.81. The van der Waals surface area contributed by atoms with Crippen LogP contribution in [0.5, 0.6) is 0 Å². The van der Waals surface area contributed by atoms with Gasteiger partial charge in [-0.2, -0.15) is 10.5 Å². The molecule has 1 N–H and O–H groups in total. The largest absolute Gasteiger partial charge is 0.452 e. The molecule has 0 radical (unpaired) electrons. The smallest absolute Gasteiger partial charge is 0.338 e. The van der Waals surface area contributed by atoms with E-state index in [4.69, 9.17) is 15.3 Å². The molecule has 8 nitrogen and oxygen atoms in total. The summed E-state index contributed by atoms with van der Waals surface area (Å²) in [6.07, 6.45) is 0.261. The SMILES string of the molecule is CC1Sc2ccc(C(=O)OCC(=O)N(CCC#N)CCC#N)cc2NC1=O. The summed E-state index contributed by atoms with van der Waals surface area (Å²) >= 11 is 1.40. The monoisotopic (exact) mass is 386 g/mol. The van der Waals surface area contributed by atoms with Crippen LogP contribution in [0.2, 0.25) is 0 Å². The minimum Gasteiger partial charge on any atom is -0.452 e. The number of nitrogens with one attached hydrogen (secondary N) is 1. The lowest BCUT2D eigenvalue weighted by Crippen LogP contribution is -2.36. The van der Waals surface area contributed by atoms with Crippen molar-refractivity contribution in [3.05, 3.63) is 23.8 Å². The van der Waals surface area contributed by atoms with Gasteiger partial charge in [-0.3, -0.25) is 9.59 Å². The van der Waals surface area contributed by atoms with Crippen molar-refractivity contribution in [2.45, 2.75) is 29.9 Å². The highest BCUT2D eigenvalue weighted by atomic mass is 32.2. The Kier molecular flexibility index (Phi) is 7.21. The Balaban J connectivity index is 1.97. The molecule has 9 heteroatoms. The van der Waals surface area contributed by atoms with Gasteiger partial charge in [-0.1, -0.05) is 0 Å². The molecule has 1 aliphatic rings. The number of anilines is 1. The number of benzene rings is 1. The molecule has 1 unspecified atom stereocenters. The first-order valence-corrected chi connectivity index (χ1v) is 9.14. The molecule has 2 amide bonds. The van der Waals surface area contributed by atoms with Crippen LogP contribution in [0.1, 0.15) is 30.1 Å². The van der Waals surface area contributed by atoms with E-state index in [1.807, 2.05) is 12.1 Å². The summed E-state index contributed by atoms with van der Waals surface area (Å²) in [6, 6.07) is 8.68. The van der Waals surface area contributed by atoms with Gasteiger partial charge in [-0.25, -0.2) is 4.79 Å². The van der Waals surface area contributed by atoms with E-state index < -0.39 is 18.5 Å². The Morgan fingerprint density at radius 2 is 1.93 bits per heavy atom. The van der Waals surface area contributed by atoms with E-state index in [2.05, 4.69) is 5.32 Å². The number of amides is 2. The maximum absolute atomic E-state index is 12.2. The van der Waals surface area contributed by atoms with Crippen LogP contribution in [0, 0.1) is 22.7 Å². The average molecular weight is 386 g/mol. The predicted octanol–water partition coefficient (Wildman–Crippen LogP) is 1.93. The minimum atomic E-state index is -0.690. The van der Waals surface area contributed by atoms with E-state index in [0.29, 0.717) is 5.69 Å². The van der Waals surface area contributed by atoms with Crippen molar-refractivity contribution in [1.29, 1.82) is 10.5 Å². The van der Waals surface area contributed by atoms with Gasteiger partial charge in [0.25, 0.3) is 5.91 Å². The van der Waals surface area contributed by atoms with Gasteiger partial charge in [0.15, 0.2) is 6.61 Å². The lowest BCUT2D eigenvalue weighted by atomic mass is 10.2. The molecular formula is C18H18N4O4S. The van der Waals surface area contributed by atoms with Crippen LogP contribution >= 0.6 is 11.8 Å².